The molecule has 1 fully saturated rings. The smallest absolute Gasteiger partial charge is 0.149 e. The molecule has 1 aliphatic heterocycles. The van der Waals surface area contributed by atoms with Gasteiger partial charge in [0.1, 0.15) is 5.60 Å². The molecule has 0 aromatic rings. The van der Waals surface area contributed by atoms with E-state index in [1.54, 1.807) is 0 Å². The SMILES string of the molecule is CC(C)(N)C#CC1(C)CO1. The average molecular weight is 139 g/mol. The molecule has 0 spiro atoms. The van der Waals surface area contributed by atoms with Gasteiger partial charge in [-0.15, -0.1) is 0 Å². The summed E-state index contributed by atoms with van der Waals surface area (Å²) in [5, 5.41) is 0. The molecule has 1 rings (SSSR count). The maximum absolute atomic E-state index is 5.64. The minimum Gasteiger partial charge on any atom is -0.356 e. The van der Waals surface area contributed by atoms with Crippen LogP contribution in [0, 0.1) is 11.8 Å². The first-order valence-electron chi connectivity index (χ1n) is 3.39. The van der Waals surface area contributed by atoms with Gasteiger partial charge in [-0.3, -0.25) is 0 Å². The molecule has 1 aliphatic rings. The number of hydrogen-bond donors (Lipinski definition) is 1. The molecule has 2 N–H and O–H groups in total. The Bertz CT molecular complexity index is 178. The minimum atomic E-state index is -0.394. The third kappa shape index (κ3) is 2.38. The lowest BCUT2D eigenvalue weighted by atomic mass is 10.1. The van der Waals surface area contributed by atoms with E-state index in [9.17, 15) is 0 Å². The van der Waals surface area contributed by atoms with Gasteiger partial charge in [-0.25, -0.2) is 0 Å². The van der Waals surface area contributed by atoms with Crippen molar-refractivity contribution in [3.8, 4) is 11.8 Å². The van der Waals surface area contributed by atoms with E-state index in [0.29, 0.717) is 0 Å². The van der Waals surface area contributed by atoms with E-state index in [2.05, 4.69) is 11.8 Å². The van der Waals surface area contributed by atoms with E-state index in [1.807, 2.05) is 20.8 Å². The summed E-state index contributed by atoms with van der Waals surface area (Å²) in [6.45, 7) is 6.47. The number of epoxide rings is 1. The maximum atomic E-state index is 5.64. The molecule has 0 aromatic carbocycles. The van der Waals surface area contributed by atoms with Gasteiger partial charge in [0.15, 0.2) is 0 Å². The number of hydrogen-bond acceptors (Lipinski definition) is 2. The van der Waals surface area contributed by atoms with Crippen LogP contribution in [0.3, 0.4) is 0 Å². The van der Waals surface area contributed by atoms with Crippen LogP contribution in [0.25, 0.3) is 0 Å². The zero-order valence-electron chi connectivity index (χ0n) is 6.69. The highest BCUT2D eigenvalue weighted by atomic mass is 16.6. The summed E-state index contributed by atoms with van der Waals surface area (Å²) in [7, 11) is 0. The standard InChI is InChI=1S/C8H13NO/c1-7(2,9)4-5-8(3)6-10-8/h6,9H2,1-3H3. The van der Waals surface area contributed by atoms with Crippen molar-refractivity contribution >= 4 is 0 Å². The lowest BCUT2D eigenvalue weighted by Crippen LogP contribution is -2.29. The zero-order valence-corrected chi connectivity index (χ0v) is 6.69. The molecule has 1 unspecified atom stereocenters. The molecule has 10 heavy (non-hydrogen) atoms. The molecular formula is C8H13NO. The zero-order chi connectivity index (χ0) is 7.83. The van der Waals surface area contributed by atoms with Crippen LogP contribution in [0.1, 0.15) is 20.8 Å². The van der Waals surface area contributed by atoms with Gasteiger partial charge in [0.25, 0.3) is 0 Å². The quantitative estimate of drug-likeness (QED) is 0.392. The normalized spacial score (nSPS) is 30.8. The largest absolute Gasteiger partial charge is 0.356 e. The molecule has 0 aromatic heterocycles. The van der Waals surface area contributed by atoms with Crippen molar-refractivity contribution in [1.82, 2.24) is 0 Å². The van der Waals surface area contributed by atoms with Gasteiger partial charge >= 0.3 is 0 Å². The molecule has 0 aliphatic carbocycles. The Morgan fingerprint density at radius 2 is 2.10 bits per heavy atom. The monoisotopic (exact) mass is 139 g/mol. The summed E-state index contributed by atoms with van der Waals surface area (Å²) < 4.78 is 5.06. The van der Waals surface area contributed by atoms with Gasteiger partial charge in [0.2, 0.25) is 0 Å². The van der Waals surface area contributed by atoms with Gasteiger partial charge in [0, 0.05) is 0 Å². The maximum Gasteiger partial charge on any atom is 0.149 e. The Morgan fingerprint density at radius 1 is 1.60 bits per heavy atom. The summed E-state index contributed by atoms with van der Waals surface area (Å²) in [6, 6.07) is 0. The molecule has 0 saturated carbocycles. The Kier molecular flexibility index (Phi) is 1.50. The van der Waals surface area contributed by atoms with Gasteiger partial charge in [-0.2, -0.15) is 0 Å². The van der Waals surface area contributed by atoms with Crippen LogP contribution in [0.2, 0.25) is 0 Å². The molecule has 0 bridgehead atoms. The van der Waals surface area contributed by atoms with E-state index >= 15 is 0 Å². The van der Waals surface area contributed by atoms with Crippen LogP contribution < -0.4 is 5.73 Å². The van der Waals surface area contributed by atoms with Gasteiger partial charge in [-0.1, -0.05) is 11.8 Å². The van der Waals surface area contributed by atoms with Crippen molar-refractivity contribution in [3.05, 3.63) is 0 Å². The molecule has 1 atom stereocenters. The number of ether oxygens (including phenoxy) is 1. The molecule has 0 amide bonds. The van der Waals surface area contributed by atoms with Crippen molar-refractivity contribution < 1.29 is 4.74 Å². The fourth-order valence-corrected chi connectivity index (χ4v) is 0.474. The minimum absolute atomic E-state index is 0.184. The summed E-state index contributed by atoms with van der Waals surface area (Å²) in [5.74, 6) is 5.90. The average Bonchev–Trinajstić information content (AvgIpc) is 2.43. The van der Waals surface area contributed by atoms with E-state index < -0.39 is 5.54 Å². The Balaban J connectivity index is 2.54. The number of rotatable bonds is 0. The molecule has 1 heterocycles. The predicted molar refractivity (Wildman–Crippen MR) is 40.4 cm³/mol. The van der Waals surface area contributed by atoms with Crippen LogP contribution in [0.5, 0.6) is 0 Å². The van der Waals surface area contributed by atoms with Crippen LogP contribution in [-0.4, -0.2) is 17.7 Å². The van der Waals surface area contributed by atoms with Crippen molar-refractivity contribution in [2.75, 3.05) is 6.61 Å². The van der Waals surface area contributed by atoms with Crippen LogP contribution in [-0.2, 0) is 4.74 Å². The lowest BCUT2D eigenvalue weighted by Gasteiger charge is -2.07. The summed E-state index contributed by atoms with van der Waals surface area (Å²) >= 11 is 0. The third-order valence-electron chi connectivity index (χ3n) is 1.23. The Labute approximate surface area is 61.7 Å². The third-order valence-corrected chi connectivity index (χ3v) is 1.23. The van der Waals surface area contributed by atoms with Gasteiger partial charge < -0.3 is 10.5 Å². The molecule has 1 saturated heterocycles. The topological polar surface area (TPSA) is 38.5 Å². The van der Waals surface area contributed by atoms with Crippen molar-refractivity contribution in [3.63, 3.8) is 0 Å². The van der Waals surface area contributed by atoms with Crippen molar-refractivity contribution in [2.45, 2.75) is 31.9 Å². The van der Waals surface area contributed by atoms with E-state index in [4.69, 9.17) is 10.5 Å². The van der Waals surface area contributed by atoms with Crippen LogP contribution >= 0.6 is 0 Å². The summed E-state index contributed by atoms with van der Waals surface area (Å²) in [5.41, 5.74) is 5.06. The Hall–Kier alpha value is -0.520. The first kappa shape index (κ1) is 7.59. The van der Waals surface area contributed by atoms with Gasteiger partial charge in [0.05, 0.1) is 12.1 Å². The van der Waals surface area contributed by atoms with E-state index in [-0.39, 0.29) is 5.60 Å². The fraction of sp³-hybridized carbons (Fsp3) is 0.750. The fourth-order valence-electron chi connectivity index (χ4n) is 0.474. The highest BCUT2D eigenvalue weighted by Gasteiger charge is 2.37. The molecule has 0 radical (unpaired) electrons. The Morgan fingerprint density at radius 3 is 2.40 bits per heavy atom. The summed E-state index contributed by atoms with van der Waals surface area (Å²) in [6.07, 6.45) is 0. The number of nitrogens with two attached hydrogens (primary N) is 1. The summed E-state index contributed by atoms with van der Waals surface area (Å²) in [4.78, 5) is 0. The molecule has 2 heteroatoms. The highest BCUT2D eigenvalue weighted by Crippen LogP contribution is 2.24. The predicted octanol–water partition coefficient (Wildman–Crippen LogP) is 0.516. The molecule has 56 valence electrons. The van der Waals surface area contributed by atoms with Crippen LogP contribution in [0.4, 0.5) is 0 Å². The highest BCUT2D eigenvalue weighted by molar-refractivity contribution is 5.24. The lowest BCUT2D eigenvalue weighted by molar-refractivity contribution is 0.377. The second kappa shape index (κ2) is 1.98. The first-order chi connectivity index (χ1) is 4.41. The molecular weight excluding hydrogens is 126 g/mol. The van der Waals surface area contributed by atoms with E-state index in [1.165, 1.54) is 0 Å². The van der Waals surface area contributed by atoms with Crippen molar-refractivity contribution in [2.24, 2.45) is 5.73 Å². The second-order valence-corrected chi connectivity index (χ2v) is 3.49. The van der Waals surface area contributed by atoms with E-state index in [0.717, 1.165) is 6.61 Å². The molecule has 2 nitrogen and oxygen atoms in total. The van der Waals surface area contributed by atoms with Crippen molar-refractivity contribution in [1.29, 1.82) is 0 Å². The van der Waals surface area contributed by atoms with Crippen LogP contribution in [0.15, 0.2) is 0 Å². The first-order valence-corrected chi connectivity index (χ1v) is 3.39. The van der Waals surface area contributed by atoms with Gasteiger partial charge in [-0.05, 0) is 20.8 Å². The second-order valence-electron chi connectivity index (χ2n) is 3.49.